The number of rotatable bonds is 6. The fourth-order valence-corrected chi connectivity index (χ4v) is 2.92. The maximum Gasteiger partial charge on any atom is 0.416 e. The zero-order valence-corrected chi connectivity index (χ0v) is 14.9. The van der Waals surface area contributed by atoms with E-state index in [1.54, 1.807) is 0 Å². The molecule has 1 fully saturated rings. The zero-order chi connectivity index (χ0) is 20.1. The molecule has 28 heavy (non-hydrogen) atoms. The summed E-state index contributed by atoms with van der Waals surface area (Å²) in [7, 11) is 0. The van der Waals surface area contributed by atoms with Crippen LogP contribution in [0.3, 0.4) is 0 Å². The van der Waals surface area contributed by atoms with Crippen LogP contribution in [0.4, 0.5) is 13.2 Å². The van der Waals surface area contributed by atoms with Crippen molar-refractivity contribution in [2.24, 2.45) is 5.92 Å². The lowest BCUT2D eigenvalue weighted by Crippen LogP contribution is -2.32. The van der Waals surface area contributed by atoms with Gasteiger partial charge in [-0.15, -0.1) is 0 Å². The maximum absolute atomic E-state index is 12.8. The van der Waals surface area contributed by atoms with Crippen LogP contribution in [0, 0.1) is 5.92 Å². The van der Waals surface area contributed by atoms with E-state index >= 15 is 0 Å². The number of nitrogens with zero attached hydrogens (tertiary/aromatic N) is 1. The number of nitrogens with one attached hydrogen (secondary N) is 1. The number of hydrogen-bond donors (Lipinski definition) is 1. The third kappa shape index (κ3) is 5.19. The van der Waals surface area contributed by atoms with Gasteiger partial charge in [0.2, 0.25) is 11.5 Å². The normalized spacial score (nSPS) is 15.4. The first-order valence-corrected chi connectivity index (χ1v) is 8.85. The van der Waals surface area contributed by atoms with Gasteiger partial charge in [0.1, 0.15) is 0 Å². The molecule has 1 saturated heterocycles. The summed E-state index contributed by atoms with van der Waals surface area (Å²) in [5.74, 6) is -0.871. The highest BCUT2D eigenvalue weighted by Crippen LogP contribution is 2.29. The molecule has 150 valence electrons. The quantitative estimate of drug-likeness (QED) is 0.758. The van der Waals surface area contributed by atoms with Gasteiger partial charge in [-0.1, -0.05) is 23.4 Å². The molecular weight excluding hydrogens is 377 g/mol. The van der Waals surface area contributed by atoms with E-state index in [9.17, 15) is 22.8 Å². The number of carbonyl (C=O) groups is 2. The van der Waals surface area contributed by atoms with Gasteiger partial charge in [0.25, 0.3) is 5.91 Å². The Labute approximate surface area is 159 Å². The molecule has 2 aromatic rings. The van der Waals surface area contributed by atoms with Gasteiger partial charge in [-0.3, -0.25) is 9.59 Å². The molecule has 1 aromatic heterocycles. The molecule has 1 aliphatic rings. The third-order valence-corrected chi connectivity index (χ3v) is 4.53. The highest BCUT2D eigenvalue weighted by molar-refractivity contribution is 5.98. The van der Waals surface area contributed by atoms with E-state index in [1.165, 1.54) is 18.2 Å². The fourth-order valence-electron chi connectivity index (χ4n) is 2.92. The van der Waals surface area contributed by atoms with Crippen LogP contribution in [0.5, 0.6) is 0 Å². The van der Waals surface area contributed by atoms with Crippen molar-refractivity contribution in [3.8, 4) is 0 Å². The van der Waals surface area contributed by atoms with Gasteiger partial charge in [-0.25, -0.2) is 0 Å². The Bertz CT molecular complexity index is 842. The first-order valence-electron chi connectivity index (χ1n) is 8.85. The van der Waals surface area contributed by atoms with Crippen LogP contribution in [-0.4, -0.2) is 36.6 Å². The molecule has 0 radical (unpaired) electrons. The van der Waals surface area contributed by atoms with Crippen molar-refractivity contribution in [2.45, 2.75) is 25.4 Å². The average molecular weight is 396 g/mol. The molecule has 1 aliphatic heterocycles. The van der Waals surface area contributed by atoms with E-state index in [2.05, 4.69) is 10.5 Å². The Morgan fingerprint density at radius 2 is 1.93 bits per heavy atom. The smallest absolute Gasteiger partial charge is 0.381 e. The SMILES string of the molecule is O=C(NCC1CCOCC1)c1cc(C(=O)Cc2cccc(C(F)(F)F)c2)on1. The van der Waals surface area contributed by atoms with Gasteiger partial charge >= 0.3 is 6.18 Å². The molecule has 3 rings (SSSR count). The third-order valence-electron chi connectivity index (χ3n) is 4.53. The molecule has 1 aromatic carbocycles. The van der Waals surface area contributed by atoms with Crippen LogP contribution in [0.25, 0.3) is 0 Å². The van der Waals surface area contributed by atoms with E-state index < -0.39 is 23.4 Å². The van der Waals surface area contributed by atoms with Crippen LogP contribution in [0.15, 0.2) is 34.9 Å². The summed E-state index contributed by atoms with van der Waals surface area (Å²) in [6, 6.07) is 5.71. The number of carbonyl (C=O) groups excluding carboxylic acids is 2. The molecule has 0 bridgehead atoms. The Morgan fingerprint density at radius 3 is 2.64 bits per heavy atom. The second-order valence-corrected chi connectivity index (χ2v) is 6.64. The summed E-state index contributed by atoms with van der Waals surface area (Å²) in [5, 5.41) is 6.33. The van der Waals surface area contributed by atoms with Crippen molar-refractivity contribution in [3.05, 3.63) is 52.9 Å². The van der Waals surface area contributed by atoms with Gasteiger partial charge < -0.3 is 14.6 Å². The van der Waals surface area contributed by atoms with Crippen molar-refractivity contribution in [2.75, 3.05) is 19.8 Å². The Morgan fingerprint density at radius 1 is 1.18 bits per heavy atom. The Balaban J connectivity index is 1.58. The van der Waals surface area contributed by atoms with Crippen molar-refractivity contribution in [1.82, 2.24) is 10.5 Å². The van der Waals surface area contributed by atoms with Gasteiger partial charge in [0, 0.05) is 32.2 Å². The lowest BCUT2D eigenvalue weighted by molar-refractivity contribution is -0.137. The predicted molar refractivity (Wildman–Crippen MR) is 91.9 cm³/mol. The lowest BCUT2D eigenvalue weighted by Gasteiger charge is -2.21. The zero-order valence-electron chi connectivity index (χ0n) is 14.9. The number of ether oxygens (including phenoxy) is 1. The van der Waals surface area contributed by atoms with Gasteiger partial charge in [0.05, 0.1) is 5.56 Å². The Kier molecular flexibility index (Phi) is 6.13. The van der Waals surface area contributed by atoms with Crippen molar-refractivity contribution in [3.63, 3.8) is 0 Å². The minimum atomic E-state index is -4.49. The first kappa shape index (κ1) is 20.1. The second kappa shape index (κ2) is 8.55. The molecule has 9 heteroatoms. The number of Topliss-reactive ketones (excluding diaryl/α,β-unsaturated/α-hetero) is 1. The maximum atomic E-state index is 12.8. The van der Waals surface area contributed by atoms with Crippen LogP contribution in [-0.2, 0) is 17.3 Å². The average Bonchev–Trinajstić information content (AvgIpc) is 3.17. The molecule has 0 atom stereocenters. The molecule has 0 saturated carbocycles. The molecule has 1 N–H and O–H groups in total. The predicted octanol–water partition coefficient (Wildman–Crippen LogP) is 3.28. The Hall–Kier alpha value is -2.68. The molecule has 0 aliphatic carbocycles. The summed E-state index contributed by atoms with van der Waals surface area (Å²) in [5.41, 5.74) is -0.676. The minimum Gasteiger partial charge on any atom is -0.381 e. The topological polar surface area (TPSA) is 81.4 Å². The number of hydrogen-bond acceptors (Lipinski definition) is 5. The molecule has 0 unspecified atom stereocenters. The van der Waals surface area contributed by atoms with Crippen molar-refractivity contribution < 1.29 is 32.0 Å². The molecule has 1 amide bonds. The summed E-state index contributed by atoms with van der Waals surface area (Å²) < 4.78 is 48.5. The van der Waals surface area contributed by atoms with Crippen molar-refractivity contribution in [1.29, 1.82) is 0 Å². The van der Waals surface area contributed by atoms with E-state index in [-0.39, 0.29) is 23.4 Å². The van der Waals surface area contributed by atoms with Gasteiger partial charge in [0.15, 0.2) is 5.69 Å². The minimum absolute atomic E-state index is 0.0422. The molecule has 6 nitrogen and oxygen atoms in total. The second-order valence-electron chi connectivity index (χ2n) is 6.64. The summed E-state index contributed by atoms with van der Waals surface area (Å²) >= 11 is 0. The summed E-state index contributed by atoms with van der Waals surface area (Å²) in [6.45, 7) is 1.81. The molecule has 2 heterocycles. The van der Waals surface area contributed by atoms with E-state index in [4.69, 9.17) is 9.26 Å². The highest BCUT2D eigenvalue weighted by atomic mass is 19.4. The van der Waals surface area contributed by atoms with E-state index in [0.29, 0.717) is 25.7 Å². The fraction of sp³-hybridized carbons (Fsp3) is 0.421. The largest absolute Gasteiger partial charge is 0.416 e. The lowest BCUT2D eigenvalue weighted by atomic mass is 10.0. The molecular formula is C19H19F3N2O4. The van der Waals surface area contributed by atoms with Crippen LogP contribution >= 0.6 is 0 Å². The molecule has 0 spiro atoms. The van der Waals surface area contributed by atoms with E-state index in [0.717, 1.165) is 25.0 Å². The number of alkyl halides is 3. The summed E-state index contributed by atoms with van der Waals surface area (Å²) in [6.07, 6.45) is -3.05. The number of benzene rings is 1. The number of amides is 1. The monoisotopic (exact) mass is 396 g/mol. The number of ketones is 1. The first-order chi connectivity index (χ1) is 13.3. The number of aromatic nitrogens is 1. The number of halogens is 3. The summed E-state index contributed by atoms with van der Waals surface area (Å²) in [4.78, 5) is 24.4. The standard InChI is InChI=1S/C19H19F3N2O4/c20-19(21,22)14-3-1-2-13(8-14)9-16(25)17-10-15(24-28-17)18(26)23-11-12-4-6-27-7-5-12/h1-3,8,10,12H,4-7,9,11H2,(H,23,26). The van der Waals surface area contributed by atoms with Crippen LogP contribution in [0.2, 0.25) is 0 Å². The highest BCUT2D eigenvalue weighted by Gasteiger charge is 2.30. The van der Waals surface area contributed by atoms with Crippen LogP contribution in [0.1, 0.15) is 45.0 Å². The van der Waals surface area contributed by atoms with Crippen LogP contribution < -0.4 is 5.32 Å². The van der Waals surface area contributed by atoms with Gasteiger partial charge in [-0.05, 0) is 30.4 Å². The van der Waals surface area contributed by atoms with Gasteiger partial charge in [-0.2, -0.15) is 13.2 Å². The van der Waals surface area contributed by atoms with E-state index in [1.807, 2.05) is 0 Å². The van der Waals surface area contributed by atoms with Crippen molar-refractivity contribution >= 4 is 11.7 Å².